The van der Waals surface area contributed by atoms with Crippen molar-refractivity contribution >= 4 is 11.8 Å². The van der Waals surface area contributed by atoms with Gasteiger partial charge in [0.25, 0.3) is 0 Å². The molecule has 0 spiro atoms. The van der Waals surface area contributed by atoms with Gasteiger partial charge in [0.2, 0.25) is 0 Å². The van der Waals surface area contributed by atoms with Crippen LogP contribution in [0.3, 0.4) is 0 Å². The Balaban J connectivity index is 3.30. The van der Waals surface area contributed by atoms with Gasteiger partial charge in [0, 0.05) is 11.3 Å². The fraction of sp³-hybridized carbons (Fsp3) is 0.0909. The highest BCUT2D eigenvalue weighted by atomic mass is 14.6. The zero-order chi connectivity index (χ0) is 9.14. The van der Waals surface area contributed by atoms with Crippen molar-refractivity contribution in [3.63, 3.8) is 0 Å². The summed E-state index contributed by atoms with van der Waals surface area (Å²) in [4.78, 5) is 0. The van der Waals surface area contributed by atoms with Gasteiger partial charge in [-0.15, -0.1) is 0 Å². The quantitative estimate of drug-likeness (QED) is 0.705. The van der Waals surface area contributed by atoms with Gasteiger partial charge in [-0.05, 0) is 18.6 Å². The van der Waals surface area contributed by atoms with E-state index in [2.05, 4.69) is 13.2 Å². The molecule has 0 unspecified atom stereocenters. The van der Waals surface area contributed by atoms with Gasteiger partial charge >= 0.3 is 0 Å². The molecule has 62 valence electrons. The first-order valence-electron chi connectivity index (χ1n) is 3.83. The first-order chi connectivity index (χ1) is 5.65. The summed E-state index contributed by atoms with van der Waals surface area (Å²) in [5.74, 6) is 0. The summed E-state index contributed by atoms with van der Waals surface area (Å²) in [6.45, 7) is 9.44. The Morgan fingerprint density at radius 3 is 2.67 bits per heavy atom. The minimum Gasteiger partial charge on any atom is -0.399 e. The lowest BCUT2D eigenvalue weighted by Crippen LogP contribution is -1.96. The predicted octanol–water partition coefficient (Wildman–Crippen LogP) is 2.57. The van der Waals surface area contributed by atoms with Crippen LogP contribution < -0.4 is 5.73 Å². The molecule has 0 atom stereocenters. The van der Waals surface area contributed by atoms with Gasteiger partial charge in [-0.25, -0.2) is 0 Å². The van der Waals surface area contributed by atoms with E-state index in [-0.39, 0.29) is 0 Å². The standard InChI is InChI=1S/C11H13N/c1-4-10-6-5-8(2)7-11(10)9(3)12/h4-7H,1,3,12H2,2H3. The fourth-order valence-electron chi connectivity index (χ4n) is 1.13. The molecule has 1 nitrogen and oxygen atoms in total. The monoisotopic (exact) mass is 159 g/mol. The van der Waals surface area contributed by atoms with Gasteiger partial charge in [0.05, 0.1) is 0 Å². The van der Waals surface area contributed by atoms with Gasteiger partial charge in [0.15, 0.2) is 0 Å². The van der Waals surface area contributed by atoms with Crippen LogP contribution >= 0.6 is 0 Å². The normalized spacial score (nSPS) is 9.42. The Bertz CT molecular complexity index is 324. The summed E-state index contributed by atoms with van der Waals surface area (Å²) in [6, 6.07) is 6.04. The zero-order valence-corrected chi connectivity index (χ0v) is 7.30. The lowest BCUT2D eigenvalue weighted by Gasteiger charge is -2.05. The average molecular weight is 159 g/mol. The molecule has 0 amide bonds. The van der Waals surface area contributed by atoms with Crippen LogP contribution in [0.2, 0.25) is 0 Å². The third-order valence-corrected chi connectivity index (χ3v) is 1.77. The van der Waals surface area contributed by atoms with Gasteiger partial charge < -0.3 is 5.73 Å². The van der Waals surface area contributed by atoms with E-state index in [0.29, 0.717) is 5.70 Å². The van der Waals surface area contributed by atoms with Gasteiger partial charge in [0.1, 0.15) is 0 Å². The molecular weight excluding hydrogens is 146 g/mol. The minimum absolute atomic E-state index is 0.591. The first kappa shape index (κ1) is 8.60. The first-order valence-corrected chi connectivity index (χ1v) is 3.83. The maximum Gasteiger partial charge on any atom is 0.0320 e. The van der Waals surface area contributed by atoms with Gasteiger partial charge in [-0.2, -0.15) is 0 Å². The smallest absolute Gasteiger partial charge is 0.0320 e. The van der Waals surface area contributed by atoms with E-state index in [1.807, 2.05) is 25.1 Å². The lowest BCUT2D eigenvalue weighted by molar-refractivity contribution is 1.41. The Kier molecular flexibility index (Phi) is 2.34. The molecule has 12 heavy (non-hydrogen) atoms. The van der Waals surface area contributed by atoms with Crippen molar-refractivity contribution in [3.8, 4) is 0 Å². The number of benzene rings is 1. The summed E-state index contributed by atoms with van der Waals surface area (Å²) >= 11 is 0. The molecule has 0 radical (unpaired) electrons. The van der Waals surface area contributed by atoms with Crippen molar-refractivity contribution in [2.45, 2.75) is 6.92 Å². The van der Waals surface area contributed by atoms with Crippen LogP contribution in [-0.4, -0.2) is 0 Å². The molecule has 0 aromatic heterocycles. The number of rotatable bonds is 2. The highest BCUT2D eigenvalue weighted by molar-refractivity contribution is 5.71. The molecule has 0 fully saturated rings. The predicted molar refractivity (Wildman–Crippen MR) is 54.5 cm³/mol. The van der Waals surface area contributed by atoms with Crippen LogP contribution in [0, 0.1) is 6.92 Å². The second-order valence-corrected chi connectivity index (χ2v) is 2.82. The van der Waals surface area contributed by atoms with Gasteiger partial charge in [-0.3, -0.25) is 0 Å². The number of hydrogen-bond donors (Lipinski definition) is 1. The van der Waals surface area contributed by atoms with Crippen molar-refractivity contribution in [2.75, 3.05) is 0 Å². The van der Waals surface area contributed by atoms with Crippen molar-refractivity contribution in [1.29, 1.82) is 0 Å². The zero-order valence-electron chi connectivity index (χ0n) is 7.30. The Hall–Kier alpha value is -1.50. The molecule has 2 N–H and O–H groups in total. The molecule has 0 bridgehead atoms. The van der Waals surface area contributed by atoms with E-state index in [9.17, 15) is 0 Å². The van der Waals surface area contributed by atoms with Crippen molar-refractivity contribution in [1.82, 2.24) is 0 Å². The highest BCUT2D eigenvalue weighted by Gasteiger charge is 1.99. The Morgan fingerprint density at radius 2 is 2.17 bits per heavy atom. The third-order valence-electron chi connectivity index (χ3n) is 1.77. The number of hydrogen-bond acceptors (Lipinski definition) is 1. The molecule has 1 aromatic carbocycles. The van der Waals surface area contributed by atoms with E-state index in [4.69, 9.17) is 5.73 Å². The molecule has 0 heterocycles. The summed E-state index contributed by atoms with van der Waals surface area (Å²) in [7, 11) is 0. The maximum atomic E-state index is 5.62. The van der Waals surface area contributed by atoms with E-state index < -0.39 is 0 Å². The molecule has 1 aromatic rings. The Labute approximate surface area is 73.2 Å². The molecular formula is C11H13N. The summed E-state index contributed by atoms with van der Waals surface area (Å²) < 4.78 is 0. The van der Waals surface area contributed by atoms with Crippen molar-refractivity contribution in [2.24, 2.45) is 5.73 Å². The second kappa shape index (κ2) is 3.26. The van der Waals surface area contributed by atoms with Crippen LogP contribution in [0.5, 0.6) is 0 Å². The van der Waals surface area contributed by atoms with E-state index in [1.54, 1.807) is 6.08 Å². The van der Waals surface area contributed by atoms with Crippen molar-refractivity contribution in [3.05, 3.63) is 48.0 Å². The summed E-state index contributed by atoms with van der Waals surface area (Å²) in [6.07, 6.45) is 1.78. The van der Waals surface area contributed by atoms with E-state index in [0.717, 1.165) is 11.1 Å². The van der Waals surface area contributed by atoms with Crippen LogP contribution in [0.1, 0.15) is 16.7 Å². The van der Waals surface area contributed by atoms with E-state index in [1.165, 1.54) is 5.56 Å². The third kappa shape index (κ3) is 1.56. The maximum absolute atomic E-state index is 5.62. The van der Waals surface area contributed by atoms with Crippen LogP contribution in [0.15, 0.2) is 31.4 Å². The fourth-order valence-corrected chi connectivity index (χ4v) is 1.13. The molecule has 0 saturated heterocycles. The SMILES string of the molecule is C=Cc1ccc(C)cc1C(=C)N. The molecule has 0 aliphatic carbocycles. The lowest BCUT2D eigenvalue weighted by atomic mass is 10.0. The van der Waals surface area contributed by atoms with Gasteiger partial charge in [-0.1, -0.05) is 36.9 Å². The topological polar surface area (TPSA) is 26.0 Å². The molecule has 0 aliphatic rings. The highest BCUT2D eigenvalue weighted by Crippen LogP contribution is 2.16. The largest absolute Gasteiger partial charge is 0.399 e. The summed E-state index contributed by atoms with van der Waals surface area (Å²) in [5, 5.41) is 0. The molecule has 1 rings (SSSR count). The molecule has 1 heteroatoms. The summed E-state index contributed by atoms with van der Waals surface area (Å²) in [5.41, 5.74) is 9.40. The van der Waals surface area contributed by atoms with Crippen LogP contribution in [0.25, 0.3) is 11.8 Å². The van der Waals surface area contributed by atoms with Crippen LogP contribution in [-0.2, 0) is 0 Å². The molecule has 0 saturated carbocycles. The second-order valence-electron chi connectivity index (χ2n) is 2.82. The number of aryl methyl sites for hydroxylation is 1. The Morgan fingerprint density at radius 1 is 1.50 bits per heavy atom. The minimum atomic E-state index is 0.591. The van der Waals surface area contributed by atoms with E-state index >= 15 is 0 Å². The molecule has 0 aliphatic heterocycles. The van der Waals surface area contributed by atoms with Crippen molar-refractivity contribution < 1.29 is 0 Å². The average Bonchev–Trinajstić information content (AvgIpc) is 2.04. The number of nitrogens with two attached hydrogens (primary N) is 1. The van der Waals surface area contributed by atoms with Crippen LogP contribution in [0.4, 0.5) is 0 Å².